The lowest BCUT2D eigenvalue weighted by molar-refractivity contribution is 0.414. The van der Waals surface area contributed by atoms with Crippen LogP contribution in [0.2, 0.25) is 0 Å². The van der Waals surface area contributed by atoms with E-state index in [4.69, 9.17) is 4.74 Å². The average Bonchev–Trinajstić information content (AvgIpc) is 2.85. The fraction of sp³-hybridized carbons (Fsp3) is 0.350. The SMILES string of the molecule is COc1ccc(C[C@@H](C)NS(=O)(=O)c2cc3c(cc2C)n(C)c(=O)n3C)cc1. The molecule has 0 radical (unpaired) electrons. The van der Waals surface area contributed by atoms with Crippen LogP contribution >= 0.6 is 0 Å². The van der Waals surface area contributed by atoms with Gasteiger partial charge in [0, 0.05) is 20.1 Å². The molecule has 0 saturated carbocycles. The van der Waals surface area contributed by atoms with Crippen molar-refractivity contribution in [1.82, 2.24) is 13.9 Å². The Bertz CT molecular complexity index is 1170. The van der Waals surface area contributed by atoms with Crippen molar-refractivity contribution in [3.63, 3.8) is 0 Å². The lowest BCUT2D eigenvalue weighted by Crippen LogP contribution is -2.34. The van der Waals surface area contributed by atoms with Crippen LogP contribution in [-0.2, 0) is 30.5 Å². The smallest absolute Gasteiger partial charge is 0.328 e. The van der Waals surface area contributed by atoms with Crippen LogP contribution in [0.3, 0.4) is 0 Å². The van der Waals surface area contributed by atoms with Gasteiger partial charge in [-0.25, -0.2) is 17.9 Å². The maximum atomic E-state index is 13.0. The van der Waals surface area contributed by atoms with E-state index in [1.165, 1.54) is 9.13 Å². The Labute approximate surface area is 164 Å². The zero-order chi connectivity index (χ0) is 20.6. The van der Waals surface area contributed by atoms with Crippen LogP contribution in [0.25, 0.3) is 11.0 Å². The summed E-state index contributed by atoms with van der Waals surface area (Å²) in [6, 6.07) is 10.5. The van der Waals surface area contributed by atoms with Crippen LogP contribution < -0.4 is 15.1 Å². The number of hydrogen-bond donors (Lipinski definition) is 1. The Morgan fingerprint density at radius 3 is 2.21 bits per heavy atom. The molecule has 0 amide bonds. The minimum Gasteiger partial charge on any atom is -0.497 e. The van der Waals surface area contributed by atoms with E-state index in [0.717, 1.165) is 11.3 Å². The van der Waals surface area contributed by atoms with Crippen molar-refractivity contribution in [3.8, 4) is 5.75 Å². The summed E-state index contributed by atoms with van der Waals surface area (Å²) in [5.74, 6) is 0.759. The van der Waals surface area contributed by atoms with Gasteiger partial charge in [0.25, 0.3) is 0 Å². The topological polar surface area (TPSA) is 82.3 Å². The van der Waals surface area contributed by atoms with Crippen molar-refractivity contribution in [3.05, 3.63) is 58.0 Å². The summed E-state index contributed by atoms with van der Waals surface area (Å²) in [4.78, 5) is 12.3. The fourth-order valence-corrected chi connectivity index (χ4v) is 4.89. The molecule has 150 valence electrons. The predicted molar refractivity (Wildman–Crippen MR) is 109 cm³/mol. The van der Waals surface area contributed by atoms with E-state index < -0.39 is 10.0 Å². The standard InChI is InChI=1S/C20H25N3O4S/c1-13-10-17-18(23(4)20(24)22(17)3)12-19(13)28(25,26)21-14(2)11-15-6-8-16(27-5)9-7-15/h6-10,12,14,21H,11H2,1-5H3/t14-/m1/s1. The summed E-state index contributed by atoms with van der Waals surface area (Å²) in [5, 5.41) is 0. The second kappa shape index (κ2) is 7.44. The van der Waals surface area contributed by atoms with Crippen molar-refractivity contribution in [2.45, 2.75) is 31.2 Å². The highest BCUT2D eigenvalue weighted by Crippen LogP contribution is 2.23. The predicted octanol–water partition coefficient (Wildman–Crippen LogP) is 2.10. The lowest BCUT2D eigenvalue weighted by Gasteiger charge is -2.16. The van der Waals surface area contributed by atoms with Crippen LogP contribution in [-0.4, -0.2) is 30.7 Å². The molecule has 0 spiro atoms. The molecule has 0 fully saturated rings. The van der Waals surface area contributed by atoms with E-state index in [9.17, 15) is 13.2 Å². The second-order valence-electron chi connectivity index (χ2n) is 7.08. The minimum atomic E-state index is -3.73. The van der Waals surface area contributed by atoms with Crippen LogP contribution in [0.1, 0.15) is 18.1 Å². The van der Waals surface area contributed by atoms with Gasteiger partial charge in [0.15, 0.2) is 0 Å². The molecule has 1 aromatic heterocycles. The zero-order valence-electron chi connectivity index (χ0n) is 16.7. The third-order valence-electron chi connectivity index (χ3n) is 4.92. The molecule has 3 rings (SSSR count). The molecule has 1 N–H and O–H groups in total. The molecule has 0 aliphatic heterocycles. The van der Waals surface area contributed by atoms with Gasteiger partial charge in [-0.05, 0) is 55.7 Å². The molecule has 0 unspecified atom stereocenters. The molecular weight excluding hydrogens is 378 g/mol. The summed E-state index contributed by atoms with van der Waals surface area (Å²) in [6.07, 6.45) is 0.550. The number of aromatic nitrogens is 2. The molecule has 3 aromatic rings. The summed E-state index contributed by atoms with van der Waals surface area (Å²) in [5.41, 5.74) is 2.70. The van der Waals surface area contributed by atoms with Gasteiger partial charge >= 0.3 is 5.69 Å². The lowest BCUT2D eigenvalue weighted by atomic mass is 10.1. The van der Waals surface area contributed by atoms with Crippen LogP contribution in [0.5, 0.6) is 5.75 Å². The number of rotatable bonds is 6. The molecule has 7 nitrogen and oxygen atoms in total. The van der Waals surface area contributed by atoms with E-state index in [-0.39, 0.29) is 16.6 Å². The van der Waals surface area contributed by atoms with Crippen molar-refractivity contribution in [1.29, 1.82) is 0 Å². The molecule has 1 atom stereocenters. The van der Waals surface area contributed by atoms with Gasteiger partial charge in [-0.3, -0.25) is 9.13 Å². The summed E-state index contributed by atoms with van der Waals surface area (Å²) >= 11 is 0. The first-order valence-corrected chi connectivity index (χ1v) is 10.4. The van der Waals surface area contributed by atoms with Gasteiger partial charge in [0.2, 0.25) is 10.0 Å². The Morgan fingerprint density at radius 2 is 1.64 bits per heavy atom. The Balaban J connectivity index is 1.88. The summed E-state index contributed by atoms with van der Waals surface area (Å²) < 4.78 is 36.8. The van der Waals surface area contributed by atoms with Gasteiger partial charge in [-0.2, -0.15) is 0 Å². The van der Waals surface area contributed by atoms with E-state index in [0.29, 0.717) is 23.0 Å². The number of hydrogen-bond acceptors (Lipinski definition) is 4. The first kappa shape index (κ1) is 20.2. The van der Waals surface area contributed by atoms with Gasteiger partial charge < -0.3 is 4.74 Å². The summed E-state index contributed by atoms with van der Waals surface area (Å²) in [6.45, 7) is 3.56. The number of nitrogens with zero attached hydrogens (tertiary/aromatic N) is 2. The molecule has 2 aromatic carbocycles. The Morgan fingerprint density at radius 1 is 1.07 bits per heavy atom. The van der Waals surface area contributed by atoms with Crippen molar-refractivity contribution >= 4 is 21.1 Å². The number of sulfonamides is 1. The van der Waals surface area contributed by atoms with Gasteiger partial charge in [0.05, 0.1) is 23.0 Å². The molecule has 0 bridgehead atoms. The third-order valence-corrected chi connectivity index (χ3v) is 6.65. The molecule has 0 saturated heterocycles. The first-order chi connectivity index (χ1) is 13.1. The number of benzene rings is 2. The van der Waals surface area contributed by atoms with Gasteiger partial charge in [-0.1, -0.05) is 12.1 Å². The second-order valence-corrected chi connectivity index (χ2v) is 8.76. The number of nitrogens with one attached hydrogen (secondary N) is 1. The Hall–Kier alpha value is -2.58. The van der Waals surface area contributed by atoms with Crippen molar-refractivity contribution in [2.75, 3.05) is 7.11 Å². The minimum absolute atomic E-state index is 0.183. The quantitative estimate of drug-likeness (QED) is 0.683. The highest BCUT2D eigenvalue weighted by atomic mass is 32.2. The molecule has 1 heterocycles. The van der Waals surface area contributed by atoms with E-state index in [1.807, 2.05) is 31.2 Å². The van der Waals surface area contributed by atoms with Crippen molar-refractivity contribution in [2.24, 2.45) is 14.1 Å². The number of fused-ring (bicyclic) bond motifs is 1. The number of ether oxygens (including phenoxy) is 1. The zero-order valence-corrected chi connectivity index (χ0v) is 17.5. The van der Waals surface area contributed by atoms with E-state index in [1.54, 1.807) is 40.3 Å². The Kier molecular flexibility index (Phi) is 5.36. The molecule has 28 heavy (non-hydrogen) atoms. The monoisotopic (exact) mass is 403 g/mol. The van der Waals surface area contributed by atoms with Crippen LogP contribution in [0.15, 0.2) is 46.1 Å². The van der Waals surface area contributed by atoms with E-state index >= 15 is 0 Å². The van der Waals surface area contributed by atoms with E-state index in [2.05, 4.69) is 4.72 Å². The molecule has 0 aliphatic carbocycles. The number of methoxy groups -OCH3 is 1. The molecular formula is C20H25N3O4S. The van der Waals surface area contributed by atoms with Crippen molar-refractivity contribution < 1.29 is 13.2 Å². The average molecular weight is 404 g/mol. The summed E-state index contributed by atoms with van der Waals surface area (Å²) in [7, 11) is 1.18. The maximum Gasteiger partial charge on any atom is 0.328 e. The van der Waals surface area contributed by atoms with Crippen LogP contribution in [0.4, 0.5) is 0 Å². The highest BCUT2D eigenvalue weighted by molar-refractivity contribution is 7.89. The maximum absolute atomic E-state index is 13.0. The first-order valence-electron chi connectivity index (χ1n) is 8.95. The number of imidazole rings is 1. The fourth-order valence-electron chi connectivity index (χ4n) is 3.41. The largest absolute Gasteiger partial charge is 0.497 e. The number of aryl methyl sites for hydroxylation is 3. The van der Waals surface area contributed by atoms with Gasteiger partial charge in [-0.15, -0.1) is 0 Å². The van der Waals surface area contributed by atoms with Crippen LogP contribution in [0, 0.1) is 6.92 Å². The van der Waals surface area contributed by atoms with Gasteiger partial charge in [0.1, 0.15) is 5.75 Å². The molecule has 8 heteroatoms. The molecule has 0 aliphatic rings. The third kappa shape index (κ3) is 3.70. The normalized spacial score (nSPS) is 13.0. The highest BCUT2D eigenvalue weighted by Gasteiger charge is 2.22.